The van der Waals surface area contributed by atoms with Crippen LogP contribution in [-0.4, -0.2) is 13.3 Å². The van der Waals surface area contributed by atoms with Gasteiger partial charge in [0.1, 0.15) is 0 Å². The molecule has 0 radical (unpaired) electrons. The van der Waals surface area contributed by atoms with Gasteiger partial charge in [0.2, 0.25) is 0 Å². The molecule has 0 aliphatic carbocycles. The van der Waals surface area contributed by atoms with Gasteiger partial charge in [-0.25, -0.2) is 0 Å². The first-order valence-electron chi connectivity index (χ1n) is 4.51. The summed E-state index contributed by atoms with van der Waals surface area (Å²) in [7, 11) is 1.78. The maximum atomic E-state index is 3.92. The molecule has 1 atom stereocenters. The second-order valence-corrected chi connectivity index (χ2v) is 2.97. The summed E-state index contributed by atoms with van der Waals surface area (Å²) in [6.45, 7) is 8.21. The Labute approximate surface area is 75.9 Å². The van der Waals surface area contributed by atoms with Crippen LogP contribution in [0.5, 0.6) is 0 Å². The third-order valence-corrected chi connectivity index (χ3v) is 1.94. The maximum absolute atomic E-state index is 3.92. The molecule has 12 heavy (non-hydrogen) atoms. The maximum Gasteiger partial charge on any atom is 0.0277 e. The lowest BCUT2D eigenvalue weighted by Crippen LogP contribution is -1.96. The van der Waals surface area contributed by atoms with E-state index in [2.05, 4.69) is 25.4 Å². The molecule has 0 aliphatic heterocycles. The minimum atomic E-state index is 0.602. The fourth-order valence-electron chi connectivity index (χ4n) is 1.19. The van der Waals surface area contributed by atoms with E-state index < -0.39 is 0 Å². The fraction of sp³-hybridized carbons (Fsp3) is 0.545. The molecule has 1 heteroatoms. The lowest BCUT2D eigenvalue weighted by Gasteiger charge is -2.09. The van der Waals surface area contributed by atoms with Crippen LogP contribution in [0.4, 0.5) is 0 Å². The molecule has 1 nitrogen and oxygen atoms in total. The summed E-state index contributed by atoms with van der Waals surface area (Å²) in [6.07, 6.45) is 8.21. The highest BCUT2D eigenvalue weighted by atomic mass is 14.6. The summed E-state index contributed by atoms with van der Waals surface area (Å²) in [5.41, 5.74) is 1.28. The number of nitrogens with zero attached hydrogens (tertiary/aromatic N) is 1. The zero-order chi connectivity index (χ0) is 9.40. The van der Waals surface area contributed by atoms with Crippen molar-refractivity contribution in [2.75, 3.05) is 7.05 Å². The summed E-state index contributed by atoms with van der Waals surface area (Å²) >= 11 is 0. The molecule has 0 saturated heterocycles. The summed E-state index contributed by atoms with van der Waals surface area (Å²) < 4.78 is 0. The highest BCUT2D eigenvalue weighted by molar-refractivity contribution is 5.72. The van der Waals surface area contributed by atoms with Gasteiger partial charge in [0.05, 0.1) is 0 Å². The topological polar surface area (TPSA) is 12.4 Å². The number of rotatable bonds is 5. The van der Waals surface area contributed by atoms with E-state index in [0.29, 0.717) is 5.92 Å². The van der Waals surface area contributed by atoms with Gasteiger partial charge in [0.15, 0.2) is 0 Å². The van der Waals surface area contributed by atoms with Crippen molar-refractivity contribution in [2.24, 2.45) is 10.9 Å². The van der Waals surface area contributed by atoms with Crippen molar-refractivity contribution in [1.29, 1.82) is 0 Å². The lowest BCUT2D eigenvalue weighted by molar-refractivity contribution is 0.614. The molecule has 0 aromatic rings. The van der Waals surface area contributed by atoms with Crippen molar-refractivity contribution in [3.05, 3.63) is 24.3 Å². The molecule has 0 amide bonds. The number of allylic oxidation sites excluding steroid dienone is 3. The second-order valence-electron chi connectivity index (χ2n) is 2.97. The SMILES string of the molecule is C=C/C(=C\C=N/C)C(C)CCC. The van der Waals surface area contributed by atoms with E-state index in [1.807, 2.05) is 18.4 Å². The smallest absolute Gasteiger partial charge is 0.0277 e. The summed E-state index contributed by atoms with van der Waals surface area (Å²) in [5, 5.41) is 0. The monoisotopic (exact) mass is 165 g/mol. The normalized spacial score (nSPS) is 15.1. The van der Waals surface area contributed by atoms with Crippen molar-refractivity contribution >= 4 is 6.21 Å². The zero-order valence-electron chi connectivity index (χ0n) is 8.38. The summed E-state index contributed by atoms with van der Waals surface area (Å²) in [5.74, 6) is 0.602. The van der Waals surface area contributed by atoms with E-state index in [1.165, 1.54) is 18.4 Å². The molecule has 0 aliphatic rings. The molecule has 0 spiro atoms. The molecule has 0 bridgehead atoms. The molecule has 0 saturated carbocycles. The van der Waals surface area contributed by atoms with E-state index in [-0.39, 0.29) is 0 Å². The Kier molecular flexibility index (Phi) is 6.35. The quantitative estimate of drug-likeness (QED) is 0.438. The van der Waals surface area contributed by atoms with Gasteiger partial charge in [0.25, 0.3) is 0 Å². The van der Waals surface area contributed by atoms with Gasteiger partial charge in [-0.1, -0.05) is 32.9 Å². The minimum Gasteiger partial charge on any atom is -0.297 e. The summed E-state index contributed by atoms with van der Waals surface area (Å²) in [4.78, 5) is 3.92. The fourth-order valence-corrected chi connectivity index (χ4v) is 1.19. The predicted octanol–water partition coefficient (Wildman–Crippen LogP) is 3.24. The average Bonchev–Trinajstić information content (AvgIpc) is 2.06. The average molecular weight is 165 g/mol. The van der Waals surface area contributed by atoms with Crippen molar-refractivity contribution in [3.8, 4) is 0 Å². The van der Waals surface area contributed by atoms with E-state index in [9.17, 15) is 0 Å². The van der Waals surface area contributed by atoms with Crippen molar-refractivity contribution in [3.63, 3.8) is 0 Å². The Morgan fingerprint density at radius 3 is 2.67 bits per heavy atom. The van der Waals surface area contributed by atoms with Crippen LogP contribution in [0, 0.1) is 5.92 Å². The van der Waals surface area contributed by atoms with Gasteiger partial charge in [0, 0.05) is 13.3 Å². The molecule has 0 heterocycles. The molecule has 0 aromatic carbocycles. The van der Waals surface area contributed by atoms with E-state index in [0.717, 1.165) is 0 Å². The van der Waals surface area contributed by atoms with Gasteiger partial charge < -0.3 is 0 Å². The van der Waals surface area contributed by atoms with Crippen LogP contribution >= 0.6 is 0 Å². The van der Waals surface area contributed by atoms with Crippen LogP contribution in [0.25, 0.3) is 0 Å². The van der Waals surface area contributed by atoms with Gasteiger partial charge in [-0.2, -0.15) is 0 Å². The highest BCUT2D eigenvalue weighted by Gasteiger charge is 2.02. The van der Waals surface area contributed by atoms with Crippen LogP contribution in [0.3, 0.4) is 0 Å². The standard InChI is InChI=1S/C11H19N/c1-5-7-10(3)11(6-2)8-9-12-4/h6,8-10H,2,5,7H2,1,3-4H3/b11-8+,12-9-. The number of aliphatic imine (C=N–C) groups is 1. The first-order chi connectivity index (χ1) is 5.76. The molecular formula is C11H19N. The zero-order valence-corrected chi connectivity index (χ0v) is 8.38. The summed E-state index contributed by atoms with van der Waals surface area (Å²) in [6, 6.07) is 0. The Balaban J connectivity index is 4.22. The van der Waals surface area contributed by atoms with E-state index in [1.54, 1.807) is 7.05 Å². The largest absolute Gasteiger partial charge is 0.297 e. The van der Waals surface area contributed by atoms with Gasteiger partial charge in [-0.05, 0) is 24.0 Å². The van der Waals surface area contributed by atoms with Crippen LogP contribution in [0.15, 0.2) is 29.3 Å². The van der Waals surface area contributed by atoms with Crippen LogP contribution < -0.4 is 0 Å². The first-order valence-corrected chi connectivity index (χ1v) is 4.51. The van der Waals surface area contributed by atoms with Gasteiger partial charge in [-0.3, -0.25) is 4.99 Å². The van der Waals surface area contributed by atoms with Gasteiger partial charge >= 0.3 is 0 Å². The Bertz CT molecular complexity index is 177. The third-order valence-electron chi connectivity index (χ3n) is 1.94. The predicted molar refractivity (Wildman–Crippen MR) is 56.8 cm³/mol. The van der Waals surface area contributed by atoms with Gasteiger partial charge in [-0.15, -0.1) is 0 Å². The van der Waals surface area contributed by atoms with Crippen LogP contribution in [0.2, 0.25) is 0 Å². The first kappa shape index (κ1) is 11.2. The van der Waals surface area contributed by atoms with Crippen molar-refractivity contribution in [1.82, 2.24) is 0 Å². The Hall–Kier alpha value is -0.850. The Morgan fingerprint density at radius 2 is 2.25 bits per heavy atom. The second kappa shape index (κ2) is 6.84. The van der Waals surface area contributed by atoms with Crippen LogP contribution in [0.1, 0.15) is 26.7 Å². The van der Waals surface area contributed by atoms with E-state index in [4.69, 9.17) is 0 Å². The highest BCUT2D eigenvalue weighted by Crippen LogP contribution is 2.16. The number of hydrogen-bond donors (Lipinski definition) is 0. The van der Waals surface area contributed by atoms with Crippen LogP contribution in [-0.2, 0) is 0 Å². The molecule has 1 unspecified atom stereocenters. The molecule has 0 rings (SSSR count). The number of hydrogen-bond acceptors (Lipinski definition) is 1. The molecular weight excluding hydrogens is 146 g/mol. The third kappa shape index (κ3) is 4.12. The van der Waals surface area contributed by atoms with E-state index >= 15 is 0 Å². The molecule has 0 N–H and O–H groups in total. The molecule has 0 fully saturated rings. The molecule has 0 aromatic heterocycles. The Morgan fingerprint density at radius 1 is 1.58 bits per heavy atom. The minimum absolute atomic E-state index is 0.602. The van der Waals surface area contributed by atoms with Crippen molar-refractivity contribution < 1.29 is 0 Å². The van der Waals surface area contributed by atoms with Crippen molar-refractivity contribution in [2.45, 2.75) is 26.7 Å². The lowest BCUT2D eigenvalue weighted by atomic mass is 9.96. The molecule has 68 valence electrons.